The zero-order valence-corrected chi connectivity index (χ0v) is 14.4. The fourth-order valence-electron chi connectivity index (χ4n) is 2.12. The minimum absolute atomic E-state index is 0.388. The molecule has 0 aliphatic carbocycles. The van der Waals surface area contributed by atoms with E-state index in [0.717, 1.165) is 35.2 Å². The van der Waals surface area contributed by atoms with Gasteiger partial charge in [-0.3, -0.25) is 0 Å². The Kier molecular flexibility index (Phi) is 6.56. The summed E-state index contributed by atoms with van der Waals surface area (Å²) in [6.45, 7) is 8.61. The van der Waals surface area contributed by atoms with E-state index in [0.29, 0.717) is 11.7 Å². The van der Waals surface area contributed by atoms with Crippen LogP contribution >= 0.6 is 22.6 Å². The lowest BCUT2D eigenvalue weighted by Crippen LogP contribution is -2.11. The summed E-state index contributed by atoms with van der Waals surface area (Å²) in [5, 5.41) is 9.11. The van der Waals surface area contributed by atoms with Gasteiger partial charge in [-0.25, -0.2) is 4.98 Å². The van der Waals surface area contributed by atoms with Gasteiger partial charge in [0.2, 0.25) is 0 Å². The van der Waals surface area contributed by atoms with Crippen LogP contribution in [0, 0.1) is 15.0 Å². The molecular formula is C15H22IN3. The lowest BCUT2D eigenvalue weighted by Gasteiger charge is -2.17. The van der Waals surface area contributed by atoms with Gasteiger partial charge in [-0.1, -0.05) is 18.6 Å². The van der Waals surface area contributed by atoms with Crippen LogP contribution in [-0.2, 0) is 6.42 Å². The highest BCUT2D eigenvalue weighted by molar-refractivity contribution is 14.1. The Morgan fingerprint density at radius 3 is 2.74 bits per heavy atom. The quantitative estimate of drug-likeness (QED) is 0.541. The number of hydrogen-bond acceptors (Lipinski definition) is 2. The third-order valence-corrected chi connectivity index (χ3v) is 4.11. The maximum absolute atomic E-state index is 9.11. The number of aryl methyl sites for hydroxylation is 1. The van der Waals surface area contributed by atoms with E-state index in [1.807, 2.05) is 0 Å². The Balaban J connectivity index is 2.94. The molecule has 1 rings (SSSR count). The molecule has 0 N–H and O–H groups in total. The molecule has 0 saturated carbocycles. The second-order valence-corrected chi connectivity index (χ2v) is 6.13. The molecule has 0 spiro atoms. The fraction of sp³-hybridized carbons (Fsp3) is 0.600. The molecule has 0 saturated heterocycles. The molecule has 1 aromatic heterocycles. The minimum Gasteiger partial charge on any atom is -0.319 e. The van der Waals surface area contributed by atoms with Crippen molar-refractivity contribution in [3.8, 4) is 6.07 Å². The van der Waals surface area contributed by atoms with Crippen molar-refractivity contribution >= 4 is 22.6 Å². The number of halogens is 1. The highest BCUT2D eigenvalue weighted by Gasteiger charge is 2.18. The molecule has 0 aromatic carbocycles. The van der Waals surface area contributed by atoms with Crippen LogP contribution < -0.4 is 0 Å². The van der Waals surface area contributed by atoms with E-state index >= 15 is 0 Å². The average molecular weight is 371 g/mol. The molecular weight excluding hydrogens is 349 g/mol. The molecule has 1 aromatic rings. The Bertz CT molecular complexity index is 490. The Morgan fingerprint density at radius 2 is 2.21 bits per heavy atom. The summed E-state index contributed by atoms with van der Waals surface area (Å²) in [4.78, 5) is 4.46. The van der Waals surface area contributed by atoms with Gasteiger partial charge in [-0.15, -0.1) is 0 Å². The van der Waals surface area contributed by atoms with Crippen LogP contribution in [0.3, 0.4) is 0 Å². The van der Waals surface area contributed by atoms with Gasteiger partial charge in [0, 0.05) is 12.5 Å². The molecule has 19 heavy (non-hydrogen) atoms. The van der Waals surface area contributed by atoms with Gasteiger partial charge < -0.3 is 4.57 Å². The normalized spacial score (nSPS) is 12.0. The van der Waals surface area contributed by atoms with E-state index in [1.165, 1.54) is 5.57 Å². The SMILES string of the molecule is CCCc1nc(C#N)c(I)n1C(C)CCC=C(C)C. The second kappa shape index (κ2) is 7.68. The predicted octanol–water partition coefficient (Wildman–Crippen LogP) is 4.62. The lowest BCUT2D eigenvalue weighted by atomic mass is 10.1. The minimum atomic E-state index is 0.388. The Labute approximate surface area is 129 Å². The monoisotopic (exact) mass is 371 g/mol. The lowest BCUT2D eigenvalue weighted by molar-refractivity contribution is 0.481. The van der Waals surface area contributed by atoms with Crippen LogP contribution in [0.2, 0.25) is 0 Å². The van der Waals surface area contributed by atoms with Crippen molar-refractivity contribution in [2.75, 3.05) is 0 Å². The zero-order chi connectivity index (χ0) is 14.4. The van der Waals surface area contributed by atoms with Crippen LogP contribution in [0.1, 0.15) is 64.5 Å². The van der Waals surface area contributed by atoms with Gasteiger partial charge in [0.15, 0.2) is 5.69 Å². The summed E-state index contributed by atoms with van der Waals surface area (Å²) in [7, 11) is 0. The number of hydrogen-bond donors (Lipinski definition) is 0. The highest BCUT2D eigenvalue weighted by Crippen LogP contribution is 2.24. The molecule has 0 fully saturated rings. The van der Waals surface area contributed by atoms with E-state index in [2.05, 4.69) is 72.0 Å². The molecule has 0 aliphatic rings. The van der Waals surface area contributed by atoms with Gasteiger partial charge in [0.05, 0.1) is 0 Å². The molecule has 1 unspecified atom stereocenters. The fourth-order valence-corrected chi connectivity index (χ4v) is 3.11. The van der Waals surface area contributed by atoms with Gasteiger partial charge in [-0.2, -0.15) is 5.26 Å². The summed E-state index contributed by atoms with van der Waals surface area (Å²) in [5.41, 5.74) is 1.93. The smallest absolute Gasteiger partial charge is 0.172 e. The van der Waals surface area contributed by atoms with Crippen LogP contribution in [0.5, 0.6) is 0 Å². The van der Waals surface area contributed by atoms with E-state index < -0.39 is 0 Å². The molecule has 3 nitrogen and oxygen atoms in total. The topological polar surface area (TPSA) is 41.6 Å². The first-order valence-corrected chi connectivity index (χ1v) is 7.89. The first kappa shape index (κ1) is 16.2. The molecule has 1 atom stereocenters. The van der Waals surface area contributed by atoms with Crippen molar-refractivity contribution in [3.63, 3.8) is 0 Å². The molecule has 1 heterocycles. The maximum Gasteiger partial charge on any atom is 0.172 e. The summed E-state index contributed by atoms with van der Waals surface area (Å²) >= 11 is 2.24. The van der Waals surface area contributed by atoms with Crippen molar-refractivity contribution in [2.45, 2.75) is 59.4 Å². The molecule has 0 aliphatic heterocycles. The predicted molar refractivity (Wildman–Crippen MR) is 87.0 cm³/mol. The summed E-state index contributed by atoms with van der Waals surface area (Å²) in [6.07, 6.45) is 6.42. The highest BCUT2D eigenvalue weighted by atomic mass is 127. The first-order chi connectivity index (χ1) is 9.01. The van der Waals surface area contributed by atoms with Crippen molar-refractivity contribution in [1.29, 1.82) is 5.26 Å². The third-order valence-electron chi connectivity index (χ3n) is 3.08. The molecule has 0 amide bonds. The standard InChI is InChI=1S/C15H22IN3/c1-5-7-14-18-13(10-17)15(16)19(14)12(4)9-6-8-11(2)3/h8,12H,5-7,9H2,1-4H3. The van der Waals surface area contributed by atoms with Crippen LogP contribution in [0.4, 0.5) is 0 Å². The van der Waals surface area contributed by atoms with Gasteiger partial charge in [-0.05, 0) is 62.6 Å². The third kappa shape index (κ3) is 4.34. The van der Waals surface area contributed by atoms with Crippen molar-refractivity contribution in [2.24, 2.45) is 0 Å². The Hall–Kier alpha value is -0.830. The summed E-state index contributed by atoms with van der Waals surface area (Å²) in [6, 6.07) is 2.58. The number of nitrogens with zero attached hydrogens (tertiary/aromatic N) is 3. The zero-order valence-electron chi connectivity index (χ0n) is 12.2. The Morgan fingerprint density at radius 1 is 1.53 bits per heavy atom. The van der Waals surface area contributed by atoms with Crippen molar-refractivity contribution in [1.82, 2.24) is 9.55 Å². The van der Waals surface area contributed by atoms with E-state index in [-0.39, 0.29) is 0 Å². The largest absolute Gasteiger partial charge is 0.319 e. The van der Waals surface area contributed by atoms with Crippen molar-refractivity contribution in [3.05, 3.63) is 26.9 Å². The maximum atomic E-state index is 9.11. The van der Waals surface area contributed by atoms with Crippen molar-refractivity contribution < 1.29 is 0 Å². The van der Waals surface area contributed by atoms with Crippen LogP contribution in [0.15, 0.2) is 11.6 Å². The van der Waals surface area contributed by atoms with E-state index in [4.69, 9.17) is 5.26 Å². The van der Waals surface area contributed by atoms with Gasteiger partial charge in [0.1, 0.15) is 15.6 Å². The molecule has 0 radical (unpaired) electrons. The van der Waals surface area contributed by atoms with E-state index in [1.54, 1.807) is 0 Å². The summed E-state index contributed by atoms with van der Waals surface area (Å²) in [5.74, 6) is 1.05. The van der Waals surface area contributed by atoms with Crippen LogP contribution in [-0.4, -0.2) is 9.55 Å². The molecule has 4 heteroatoms. The van der Waals surface area contributed by atoms with Crippen LogP contribution in [0.25, 0.3) is 0 Å². The average Bonchev–Trinajstić information content (AvgIpc) is 2.65. The van der Waals surface area contributed by atoms with Gasteiger partial charge >= 0.3 is 0 Å². The molecule has 104 valence electrons. The number of imidazole rings is 1. The van der Waals surface area contributed by atoms with Gasteiger partial charge in [0.25, 0.3) is 0 Å². The number of aromatic nitrogens is 2. The number of nitriles is 1. The number of rotatable bonds is 6. The number of allylic oxidation sites excluding steroid dienone is 2. The second-order valence-electron chi connectivity index (χ2n) is 5.11. The molecule has 0 bridgehead atoms. The first-order valence-electron chi connectivity index (χ1n) is 6.81. The summed E-state index contributed by atoms with van der Waals surface area (Å²) < 4.78 is 3.22. The van der Waals surface area contributed by atoms with E-state index in [9.17, 15) is 0 Å².